The van der Waals surface area contributed by atoms with E-state index in [1.165, 1.54) is 186 Å². The van der Waals surface area contributed by atoms with Crippen molar-refractivity contribution in [2.24, 2.45) is 5.92 Å². The molecule has 0 aromatic rings. The Labute approximate surface area is 205 Å². The summed E-state index contributed by atoms with van der Waals surface area (Å²) in [5, 5.41) is 0. The third-order valence-corrected chi connectivity index (χ3v) is 8.09. The lowest BCUT2D eigenvalue weighted by molar-refractivity contribution is 0.328. The standard InChI is InChI=1S/C32H63/c1-2-3-4-5-6-7-8-9-10-11-12-13-14-15-16-17-18-19-20-21-22-23-24-26-29-32-30-27-25-28-31-32/h32H,1-31H2. The summed E-state index contributed by atoms with van der Waals surface area (Å²) in [5.41, 5.74) is 0. The SMILES string of the molecule is [CH2]CCCCCCCCCCCCCCCCCCCCCCCCCC1CCCCC1. The van der Waals surface area contributed by atoms with Gasteiger partial charge >= 0.3 is 0 Å². The Balaban J connectivity index is 1.62. The van der Waals surface area contributed by atoms with E-state index in [-0.39, 0.29) is 0 Å². The third-order valence-electron chi connectivity index (χ3n) is 8.09. The van der Waals surface area contributed by atoms with Gasteiger partial charge in [-0.05, 0) is 5.92 Å². The topological polar surface area (TPSA) is 0 Å². The van der Waals surface area contributed by atoms with Crippen LogP contribution in [-0.4, -0.2) is 0 Å². The molecule has 1 saturated carbocycles. The fourth-order valence-corrected chi connectivity index (χ4v) is 5.80. The van der Waals surface area contributed by atoms with Crippen LogP contribution in [0.2, 0.25) is 0 Å². The van der Waals surface area contributed by atoms with E-state index in [9.17, 15) is 0 Å². The van der Waals surface area contributed by atoms with Gasteiger partial charge in [-0.3, -0.25) is 0 Å². The zero-order valence-electron chi connectivity index (χ0n) is 22.5. The van der Waals surface area contributed by atoms with Gasteiger partial charge in [-0.25, -0.2) is 0 Å². The first-order valence-corrected chi connectivity index (χ1v) is 15.7. The second-order valence-electron chi connectivity index (χ2n) is 11.3. The maximum absolute atomic E-state index is 3.92. The minimum absolute atomic E-state index is 1.10. The largest absolute Gasteiger partial charge is 0.0533 e. The molecule has 0 saturated heterocycles. The molecule has 0 heteroatoms. The highest BCUT2D eigenvalue weighted by Crippen LogP contribution is 2.28. The molecule has 191 valence electrons. The molecule has 0 aromatic heterocycles. The lowest BCUT2D eigenvalue weighted by Gasteiger charge is -2.21. The molecule has 0 aliphatic heterocycles. The predicted octanol–water partition coefficient (Wildman–Crippen LogP) is 12.2. The summed E-state index contributed by atoms with van der Waals surface area (Å²) >= 11 is 0. The van der Waals surface area contributed by atoms with E-state index < -0.39 is 0 Å². The molecule has 1 aliphatic carbocycles. The summed E-state index contributed by atoms with van der Waals surface area (Å²) in [4.78, 5) is 0. The Morgan fingerprint density at radius 3 is 0.938 bits per heavy atom. The van der Waals surface area contributed by atoms with Crippen LogP contribution < -0.4 is 0 Å². The molecule has 1 fully saturated rings. The maximum atomic E-state index is 3.92. The van der Waals surface area contributed by atoms with E-state index in [0.717, 1.165) is 12.3 Å². The first kappa shape index (κ1) is 30.0. The van der Waals surface area contributed by atoms with E-state index in [1.807, 2.05) is 0 Å². The Hall–Kier alpha value is 0. The van der Waals surface area contributed by atoms with Gasteiger partial charge in [0, 0.05) is 0 Å². The highest BCUT2D eigenvalue weighted by molar-refractivity contribution is 4.65. The Morgan fingerprint density at radius 2 is 0.625 bits per heavy atom. The summed E-state index contributed by atoms with van der Waals surface area (Å²) in [5.74, 6) is 1.10. The van der Waals surface area contributed by atoms with Gasteiger partial charge < -0.3 is 0 Å². The summed E-state index contributed by atoms with van der Waals surface area (Å²) in [6, 6.07) is 0. The van der Waals surface area contributed by atoms with Crippen molar-refractivity contribution in [3.63, 3.8) is 0 Å². The molecule has 0 atom stereocenters. The van der Waals surface area contributed by atoms with E-state index >= 15 is 0 Å². The average Bonchev–Trinajstić information content (AvgIpc) is 2.82. The van der Waals surface area contributed by atoms with Gasteiger partial charge in [-0.2, -0.15) is 0 Å². The quantitative estimate of drug-likeness (QED) is 0.122. The molecule has 1 radical (unpaired) electrons. The highest BCUT2D eigenvalue weighted by Gasteiger charge is 2.12. The fourth-order valence-electron chi connectivity index (χ4n) is 5.80. The maximum Gasteiger partial charge on any atom is -0.0414 e. The minimum atomic E-state index is 1.10. The van der Waals surface area contributed by atoms with Crippen molar-refractivity contribution in [3.05, 3.63) is 6.92 Å². The second kappa shape index (κ2) is 25.6. The molecule has 0 unspecified atom stereocenters. The van der Waals surface area contributed by atoms with Crippen LogP contribution in [0.3, 0.4) is 0 Å². The third kappa shape index (κ3) is 21.8. The molecule has 32 heavy (non-hydrogen) atoms. The summed E-state index contributed by atoms with van der Waals surface area (Å²) < 4.78 is 0. The molecule has 1 aliphatic rings. The first-order valence-electron chi connectivity index (χ1n) is 15.7. The van der Waals surface area contributed by atoms with Crippen molar-refractivity contribution < 1.29 is 0 Å². The Kier molecular flexibility index (Phi) is 24.0. The molecule has 0 bridgehead atoms. The first-order chi connectivity index (χ1) is 15.9. The van der Waals surface area contributed by atoms with Gasteiger partial charge in [0.05, 0.1) is 0 Å². The molecule has 0 N–H and O–H groups in total. The van der Waals surface area contributed by atoms with Crippen molar-refractivity contribution in [3.8, 4) is 0 Å². The van der Waals surface area contributed by atoms with Gasteiger partial charge in [0.2, 0.25) is 0 Å². The van der Waals surface area contributed by atoms with Crippen LogP contribution in [0.25, 0.3) is 0 Å². The lowest BCUT2D eigenvalue weighted by Crippen LogP contribution is -2.05. The monoisotopic (exact) mass is 447 g/mol. The van der Waals surface area contributed by atoms with Crippen LogP contribution in [-0.2, 0) is 0 Å². The molecule has 0 amide bonds. The molecular formula is C32H63. The molecule has 0 heterocycles. The summed E-state index contributed by atoms with van der Waals surface area (Å²) in [7, 11) is 0. The zero-order chi connectivity index (χ0) is 22.8. The molecule has 0 aromatic carbocycles. The van der Waals surface area contributed by atoms with Crippen molar-refractivity contribution in [1.29, 1.82) is 0 Å². The van der Waals surface area contributed by atoms with Gasteiger partial charge in [-0.15, -0.1) is 0 Å². The number of rotatable bonds is 25. The van der Waals surface area contributed by atoms with Crippen molar-refractivity contribution >= 4 is 0 Å². The van der Waals surface area contributed by atoms with E-state index in [2.05, 4.69) is 6.92 Å². The molecule has 0 nitrogen and oxygen atoms in total. The van der Waals surface area contributed by atoms with Crippen LogP contribution in [0.1, 0.15) is 193 Å². The van der Waals surface area contributed by atoms with Crippen molar-refractivity contribution in [1.82, 2.24) is 0 Å². The highest BCUT2D eigenvalue weighted by atomic mass is 14.2. The van der Waals surface area contributed by atoms with E-state index in [0.29, 0.717) is 0 Å². The lowest BCUT2D eigenvalue weighted by atomic mass is 9.85. The van der Waals surface area contributed by atoms with Crippen LogP contribution in [0.15, 0.2) is 0 Å². The van der Waals surface area contributed by atoms with E-state index in [4.69, 9.17) is 0 Å². The average molecular weight is 448 g/mol. The molecule has 1 rings (SSSR count). The fraction of sp³-hybridized carbons (Fsp3) is 0.969. The smallest absolute Gasteiger partial charge is 0.0414 e. The van der Waals surface area contributed by atoms with E-state index in [1.54, 1.807) is 0 Å². The Bertz CT molecular complexity index is 327. The summed E-state index contributed by atoms with van der Waals surface area (Å²) in [6.45, 7) is 3.92. The van der Waals surface area contributed by atoms with Crippen LogP contribution >= 0.6 is 0 Å². The number of unbranched alkanes of at least 4 members (excludes halogenated alkanes) is 23. The second-order valence-corrected chi connectivity index (χ2v) is 11.3. The number of hydrogen-bond donors (Lipinski definition) is 0. The van der Waals surface area contributed by atoms with Gasteiger partial charge in [0.25, 0.3) is 0 Å². The van der Waals surface area contributed by atoms with Crippen LogP contribution in [0.5, 0.6) is 0 Å². The zero-order valence-corrected chi connectivity index (χ0v) is 22.5. The minimum Gasteiger partial charge on any atom is -0.0533 e. The van der Waals surface area contributed by atoms with Crippen molar-refractivity contribution in [2.45, 2.75) is 193 Å². The number of hydrogen-bond acceptors (Lipinski definition) is 0. The normalized spacial score (nSPS) is 14.9. The van der Waals surface area contributed by atoms with Crippen LogP contribution in [0.4, 0.5) is 0 Å². The molecular weight excluding hydrogens is 384 g/mol. The van der Waals surface area contributed by atoms with Crippen LogP contribution in [0, 0.1) is 12.8 Å². The van der Waals surface area contributed by atoms with Gasteiger partial charge in [-0.1, -0.05) is 200 Å². The molecule has 0 spiro atoms. The Morgan fingerprint density at radius 1 is 0.344 bits per heavy atom. The van der Waals surface area contributed by atoms with Gasteiger partial charge in [0.15, 0.2) is 0 Å². The van der Waals surface area contributed by atoms with Gasteiger partial charge in [0.1, 0.15) is 0 Å². The predicted molar refractivity (Wildman–Crippen MR) is 147 cm³/mol. The summed E-state index contributed by atoms with van der Waals surface area (Å²) in [6.07, 6.45) is 44.3. The van der Waals surface area contributed by atoms with Crippen molar-refractivity contribution in [2.75, 3.05) is 0 Å².